The predicted molar refractivity (Wildman–Crippen MR) is 114 cm³/mol. The summed E-state index contributed by atoms with van der Waals surface area (Å²) < 4.78 is 5.39. The lowest BCUT2D eigenvalue weighted by Gasteiger charge is -2.37. The number of benzene rings is 1. The Morgan fingerprint density at radius 3 is 2.40 bits per heavy atom. The third-order valence-corrected chi connectivity index (χ3v) is 5.96. The van der Waals surface area contributed by atoms with Gasteiger partial charge in [-0.1, -0.05) is 18.2 Å². The highest BCUT2D eigenvalue weighted by Crippen LogP contribution is 2.39. The molecule has 1 unspecified atom stereocenters. The highest BCUT2D eigenvalue weighted by molar-refractivity contribution is 7.99. The van der Waals surface area contributed by atoms with E-state index in [2.05, 4.69) is 34.1 Å². The van der Waals surface area contributed by atoms with Gasteiger partial charge in [-0.15, -0.1) is 11.8 Å². The zero-order valence-corrected chi connectivity index (χ0v) is 17.8. The first-order chi connectivity index (χ1) is 14.4. The van der Waals surface area contributed by atoms with Crippen molar-refractivity contribution >= 4 is 29.6 Å². The first-order valence-corrected chi connectivity index (χ1v) is 10.8. The van der Waals surface area contributed by atoms with Crippen LogP contribution in [0.2, 0.25) is 0 Å². The maximum atomic E-state index is 12.2. The van der Waals surface area contributed by atoms with E-state index in [4.69, 9.17) is 14.9 Å². The number of carboxylic acids is 2. The summed E-state index contributed by atoms with van der Waals surface area (Å²) in [7, 11) is 0. The fourth-order valence-electron chi connectivity index (χ4n) is 3.40. The largest absolute Gasteiger partial charge is 0.478 e. The molecular weight excluding hydrogens is 408 g/mol. The molecule has 3 rings (SSSR count). The van der Waals surface area contributed by atoms with Crippen LogP contribution in [0.4, 0.5) is 0 Å². The minimum atomic E-state index is -1.26. The Bertz CT molecular complexity index is 748. The molecule has 0 spiro atoms. The molecule has 2 N–H and O–H groups in total. The molecule has 2 aliphatic heterocycles. The SMILES string of the molecule is CC(=O)N(CCN1CCOCC1)C1CCSc2ccccc21.O=C(O)/C=C\C(=O)O. The Morgan fingerprint density at radius 1 is 1.17 bits per heavy atom. The van der Waals surface area contributed by atoms with E-state index >= 15 is 0 Å². The molecule has 1 aromatic rings. The second-order valence-electron chi connectivity index (χ2n) is 6.87. The molecule has 2 aliphatic rings. The van der Waals surface area contributed by atoms with Gasteiger partial charge in [0.25, 0.3) is 0 Å². The van der Waals surface area contributed by atoms with Gasteiger partial charge in [-0.05, 0) is 18.1 Å². The average Bonchev–Trinajstić information content (AvgIpc) is 2.73. The average molecular weight is 437 g/mol. The van der Waals surface area contributed by atoms with Crippen molar-refractivity contribution in [3.05, 3.63) is 42.0 Å². The van der Waals surface area contributed by atoms with Gasteiger partial charge in [0.15, 0.2) is 0 Å². The van der Waals surface area contributed by atoms with Crippen molar-refractivity contribution in [2.45, 2.75) is 24.3 Å². The predicted octanol–water partition coefficient (Wildman–Crippen LogP) is 2.12. The number of fused-ring (bicyclic) bond motifs is 1. The summed E-state index contributed by atoms with van der Waals surface area (Å²) in [5, 5.41) is 15.6. The van der Waals surface area contributed by atoms with Crippen molar-refractivity contribution < 1.29 is 29.3 Å². The standard InChI is InChI=1S/C17H24N2O2S.C4H4O4/c1-14(20)19(8-7-18-9-11-21-12-10-18)16-6-13-22-17-5-3-2-4-15(16)17;5-3(6)1-2-4(7)8/h2-5,16H,6-13H2,1H3;1-2H,(H,5,6)(H,7,8)/b;2-1-. The Labute approximate surface area is 180 Å². The second kappa shape index (κ2) is 12.4. The normalized spacial score (nSPS) is 18.8. The van der Waals surface area contributed by atoms with Crippen LogP contribution in [-0.2, 0) is 19.1 Å². The Hall–Kier alpha value is -2.36. The second-order valence-corrected chi connectivity index (χ2v) is 8.00. The van der Waals surface area contributed by atoms with E-state index in [1.54, 1.807) is 6.92 Å². The molecule has 9 heteroatoms. The van der Waals surface area contributed by atoms with Gasteiger partial charge < -0.3 is 19.8 Å². The van der Waals surface area contributed by atoms with Crippen LogP contribution in [-0.4, -0.2) is 83.0 Å². The topological polar surface area (TPSA) is 107 Å². The number of carbonyl (C=O) groups is 3. The first kappa shape index (κ1) is 23.9. The molecule has 1 amide bonds. The summed E-state index contributed by atoms with van der Waals surface area (Å²) in [6.07, 6.45) is 2.16. The lowest BCUT2D eigenvalue weighted by molar-refractivity contribution is -0.134. The van der Waals surface area contributed by atoms with Crippen LogP contribution >= 0.6 is 11.8 Å². The molecule has 0 radical (unpaired) electrons. The number of thioether (sulfide) groups is 1. The lowest BCUT2D eigenvalue weighted by Crippen LogP contribution is -2.44. The zero-order valence-electron chi connectivity index (χ0n) is 17.0. The Balaban J connectivity index is 0.000000343. The number of ether oxygens (including phenoxy) is 1. The third-order valence-electron chi connectivity index (χ3n) is 4.84. The highest BCUT2D eigenvalue weighted by atomic mass is 32.2. The number of aliphatic carboxylic acids is 2. The van der Waals surface area contributed by atoms with Gasteiger partial charge in [0, 0.05) is 55.9 Å². The molecule has 8 nitrogen and oxygen atoms in total. The van der Waals surface area contributed by atoms with Crippen LogP contribution in [0.1, 0.15) is 24.9 Å². The van der Waals surface area contributed by atoms with E-state index in [0.717, 1.165) is 51.6 Å². The van der Waals surface area contributed by atoms with Crippen molar-refractivity contribution in [3.63, 3.8) is 0 Å². The quantitative estimate of drug-likeness (QED) is 0.653. The van der Waals surface area contributed by atoms with E-state index in [-0.39, 0.29) is 11.9 Å². The van der Waals surface area contributed by atoms with Gasteiger partial charge in [-0.3, -0.25) is 9.69 Å². The molecule has 0 saturated carbocycles. The number of hydrogen-bond donors (Lipinski definition) is 2. The van der Waals surface area contributed by atoms with Crippen LogP contribution < -0.4 is 0 Å². The molecule has 1 aromatic carbocycles. The van der Waals surface area contributed by atoms with Crippen LogP contribution in [0.5, 0.6) is 0 Å². The van der Waals surface area contributed by atoms with Crippen LogP contribution in [0.3, 0.4) is 0 Å². The monoisotopic (exact) mass is 436 g/mol. The van der Waals surface area contributed by atoms with Gasteiger partial charge in [0.1, 0.15) is 0 Å². The minimum Gasteiger partial charge on any atom is -0.478 e. The first-order valence-electron chi connectivity index (χ1n) is 9.81. The van der Waals surface area contributed by atoms with Gasteiger partial charge in [-0.2, -0.15) is 0 Å². The van der Waals surface area contributed by atoms with E-state index in [9.17, 15) is 14.4 Å². The number of carbonyl (C=O) groups excluding carboxylic acids is 1. The minimum absolute atomic E-state index is 0.181. The molecule has 164 valence electrons. The third kappa shape index (κ3) is 7.81. The van der Waals surface area contributed by atoms with Gasteiger partial charge in [0.05, 0.1) is 19.3 Å². The smallest absolute Gasteiger partial charge is 0.328 e. The number of rotatable bonds is 6. The fraction of sp³-hybridized carbons (Fsp3) is 0.476. The molecule has 30 heavy (non-hydrogen) atoms. The van der Waals surface area contributed by atoms with Gasteiger partial charge in [-0.25, -0.2) is 9.59 Å². The maximum Gasteiger partial charge on any atom is 0.328 e. The van der Waals surface area contributed by atoms with Crippen LogP contribution in [0, 0.1) is 0 Å². The summed E-state index contributed by atoms with van der Waals surface area (Å²) in [6, 6.07) is 8.75. The highest BCUT2D eigenvalue weighted by Gasteiger charge is 2.28. The Morgan fingerprint density at radius 2 is 1.80 bits per heavy atom. The number of amides is 1. The summed E-state index contributed by atoms with van der Waals surface area (Å²) >= 11 is 1.90. The van der Waals surface area contributed by atoms with E-state index in [1.165, 1.54) is 10.5 Å². The number of nitrogens with zero attached hydrogens (tertiary/aromatic N) is 2. The molecule has 0 aromatic heterocycles. The number of carboxylic acid groups (broad SMARTS) is 2. The molecule has 1 fully saturated rings. The number of hydrogen-bond acceptors (Lipinski definition) is 6. The summed E-state index contributed by atoms with van der Waals surface area (Å²) in [5.74, 6) is -1.25. The van der Waals surface area contributed by atoms with Gasteiger partial charge in [0.2, 0.25) is 5.91 Å². The summed E-state index contributed by atoms with van der Waals surface area (Å²) in [4.78, 5) is 37.1. The summed E-state index contributed by atoms with van der Waals surface area (Å²) in [5.41, 5.74) is 1.32. The van der Waals surface area contributed by atoms with Gasteiger partial charge >= 0.3 is 11.9 Å². The van der Waals surface area contributed by atoms with E-state index in [0.29, 0.717) is 12.2 Å². The molecular formula is C21H28N2O6S. The molecule has 1 atom stereocenters. The van der Waals surface area contributed by atoms with Crippen molar-refractivity contribution in [2.24, 2.45) is 0 Å². The van der Waals surface area contributed by atoms with E-state index < -0.39 is 11.9 Å². The van der Waals surface area contributed by atoms with Crippen LogP contribution in [0.15, 0.2) is 41.3 Å². The lowest BCUT2D eigenvalue weighted by atomic mass is 10.0. The van der Waals surface area contributed by atoms with E-state index in [1.807, 2.05) is 11.8 Å². The zero-order chi connectivity index (χ0) is 21.9. The molecule has 0 bridgehead atoms. The van der Waals surface area contributed by atoms with Crippen molar-refractivity contribution in [1.29, 1.82) is 0 Å². The molecule has 2 heterocycles. The van der Waals surface area contributed by atoms with Crippen molar-refractivity contribution in [2.75, 3.05) is 45.1 Å². The number of morpholine rings is 1. The molecule has 1 saturated heterocycles. The fourth-order valence-corrected chi connectivity index (χ4v) is 4.50. The maximum absolute atomic E-state index is 12.2. The summed E-state index contributed by atoms with van der Waals surface area (Å²) in [6.45, 7) is 7.01. The van der Waals surface area contributed by atoms with Crippen LogP contribution in [0.25, 0.3) is 0 Å². The van der Waals surface area contributed by atoms with Crippen molar-refractivity contribution in [1.82, 2.24) is 9.80 Å². The Kier molecular flexibility index (Phi) is 9.85. The molecule has 0 aliphatic carbocycles. The van der Waals surface area contributed by atoms with Crippen molar-refractivity contribution in [3.8, 4) is 0 Å².